The molecule has 0 bridgehead atoms. The van der Waals surface area contributed by atoms with Crippen LogP contribution in [-0.4, -0.2) is 56.1 Å². The molecular formula is C35H45NO4. The van der Waals surface area contributed by atoms with Crippen molar-refractivity contribution in [1.29, 1.82) is 0 Å². The van der Waals surface area contributed by atoms with Gasteiger partial charge in [0.05, 0.1) is 26.4 Å². The van der Waals surface area contributed by atoms with Crippen molar-refractivity contribution in [2.75, 3.05) is 46.1 Å². The lowest BCUT2D eigenvalue weighted by atomic mass is 9.76. The summed E-state index contributed by atoms with van der Waals surface area (Å²) in [6, 6.07) is 24.7. The average Bonchev–Trinajstić information content (AvgIpc) is 3.00. The van der Waals surface area contributed by atoms with E-state index in [1.54, 1.807) is 12.1 Å². The Morgan fingerprint density at radius 3 is 2.20 bits per heavy atom. The number of ether oxygens (including phenoxy) is 3. The molecule has 214 valence electrons. The smallest absolute Gasteiger partial charge is 0.126 e. The molecule has 0 aliphatic carbocycles. The third-order valence-electron chi connectivity index (χ3n) is 8.36. The summed E-state index contributed by atoms with van der Waals surface area (Å²) in [5, 5.41) is 10.00. The molecule has 5 heteroatoms. The fourth-order valence-corrected chi connectivity index (χ4v) is 6.08. The number of fused-ring (bicyclic) bond motifs is 1. The normalized spacial score (nSPS) is 19.1. The summed E-state index contributed by atoms with van der Waals surface area (Å²) in [5.41, 5.74) is 3.62. The zero-order valence-electron chi connectivity index (χ0n) is 23.8. The van der Waals surface area contributed by atoms with Crippen molar-refractivity contribution in [3.8, 4) is 17.2 Å². The average molecular weight is 544 g/mol. The molecule has 2 atom stereocenters. The van der Waals surface area contributed by atoms with Gasteiger partial charge in [-0.15, -0.1) is 0 Å². The standard InChI is InChI=1S/C35H45NO4/c37-30-16-19-32-34(26-30)40-27-33(28-12-8-7-9-13-28)35(32)29-14-17-31(18-15-29)39-23-11-6-4-2-1-3-5-10-20-36-21-24-38-25-22-36/h7-9,12-19,26,33,35,37H,1-6,10-11,20-25,27H2/t33-,35-/m0/s1. The topological polar surface area (TPSA) is 51.2 Å². The SMILES string of the molecule is Oc1ccc2c(c1)OC[C@@H](c1ccccc1)[C@H]2c1ccc(OCCCCCCCCCCN2CCOCC2)cc1. The maximum absolute atomic E-state index is 10.00. The van der Waals surface area contributed by atoms with Crippen LogP contribution in [0.2, 0.25) is 0 Å². The lowest BCUT2D eigenvalue weighted by molar-refractivity contribution is 0.0371. The van der Waals surface area contributed by atoms with E-state index < -0.39 is 0 Å². The van der Waals surface area contributed by atoms with Gasteiger partial charge in [-0.1, -0.05) is 87.1 Å². The summed E-state index contributed by atoms with van der Waals surface area (Å²) >= 11 is 0. The predicted octanol–water partition coefficient (Wildman–Crippen LogP) is 7.53. The van der Waals surface area contributed by atoms with Gasteiger partial charge in [0.1, 0.15) is 17.2 Å². The molecule has 0 unspecified atom stereocenters. The highest BCUT2D eigenvalue weighted by Crippen LogP contribution is 2.47. The van der Waals surface area contributed by atoms with Gasteiger partial charge < -0.3 is 19.3 Å². The maximum atomic E-state index is 10.00. The molecule has 2 aliphatic rings. The largest absolute Gasteiger partial charge is 0.508 e. The number of nitrogens with zero attached hydrogens (tertiary/aromatic N) is 1. The number of aromatic hydroxyl groups is 1. The molecular weight excluding hydrogens is 498 g/mol. The molecule has 2 heterocycles. The predicted molar refractivity (Wildman–Crippen MR) is 161 cm³/mol. The molecule has 5 rings (SSSR count). The van der Waals surface area contributed by atoms with Crippen LogP contribution in [0, 0.1) is 0 Å². The summed E-state index contributed by atoms with van der Waals surface area (Å²) < 4.78 is 17.6. The maximum Gasteiger partial charge on any atom is 0.126 e. The van der Waals surface area contributed by atoms with Gasteiger partial charge in [-0.05, 0) is 48.7 Å². The van der Waals surface area contributed by atoms with Crippen LogP contribution in [0.25, 0.3) is 0 Å². The van der Waals surface area contributed by atoms with Gasteiger partial charge >= 0.3 is 0 Å². The van der Waals surface area contributed by atoms with Crippen LogP contribution in [0.5, 0.6) is 17.2 Å². The highest BCUT2D eigenvalue weighted by atomic mass is 16.5. The van der Waals surface area contributed by atoms with Gasteiger partial charge in [0.2, 0.25) is 0 Å². The molecule has 2 aliphatic heterocycles. The van der Waals surface area contributed by atoms with E-state index in [0.717, 1.165) is 56.4 Å². The van der Waals surface area contributed by atoms with Gasteiger partial charge in [-0.3, -0.25) is 4.90 Å². The van der Waals surface area contributed by atoms with Crippen molar-refractivity contribution >= 4 is 0 Å². The van der Waals surface area contributed by atoms with Crippen LogP contribution < -0.4 is 9.47 Å². The Labute approximate surface area is 240 Å². The van der Waals surface area contributed by atoms with E-state index in [2.05, 4.69) is 59.5 Å². The van der Waals surface area contributed by atoms with Crippen molar-refractivity contribution in [2.45, 2.75) is 63.2 Å². The van der Waals surface area contributed by atoms with E-state index >= 15 is 0 Å². The molecule has 1 fully saturated rings. The quantitative estimate of drug-likeness (QED) is 0.213. The first-order chi connectivity index (χ1) is 19.8. The first-order valence-corrected chi connectivity index (χ1v) is 15.3. The molecule has 0 saturated carbocycles. The summed E-state index contributed by atoms with van der Waals surface area (Å²) in [6.07, 6.45) is 10.3. The van der Waals surface area contributed by atoms with E-state index in [0.29, 0.717) is 6.61 Å². The number of hydrogen-bond donors (Lipinski definition) is 1. The molecule has 5 nitrogen and oxygen atoms in total. The Hall–Kier alpha value is -3.02. The lowest BCUT2D eigenvalue weighted by Gasteiger charge is -2.34. The molecule has 0 radical (unpaired) electrons. The lowest BCUT2D eigenvalue weighted by Crippen LogP contribution is -2.36. The van der Waals surface area contributed by atoms with E-state index in [1.165, 1.54) is 62.6 Å². The Morgan fingerprint density at radius 1 is 0.750 bits per heavy atom. The van der Waals surface area contributed by atoms with Gasteiger partial charge in [0, 0.05) is 36.6 Å². The number of benzene rings is 3. The number of phenolic OH excluding ortho intramolecular Hbond substituents is 1. The minimum absolute atomic E-state index is 0.153. The first kappa shape index (κ1) is 28.5. The minimum atomic E-state index is 0.153. The second-order valence-electron chi connectivity index (χ2n) is 11.2. The minimum Gasteiger partial charge on any atom is -0.508 e. The van der Waals surface area contributed by atoms with Gasteiger partial charge in [0.15, 0.2) is 0 Å². The van der Waals surface area contributed by atoms with Gasteiger partial charge in [-0.2, -0.15) is 0 Å². The van der Waals surface area contributed by atoms with Crippen molar-refractivity contribution in [2.24, 2.45) is 0 Å². The summed E-state index contributed by atoms with van der Waals surface area (Å²) in [6.45, 7) is 6.62. The Bertz CT molecular complexity index is 1140. The number of unbranched alkanes of at least 4 members (excludes halogenated alkanes) is 7. The molecule has 1 saturated heterocycles. The van der Waals surface area contributed by atoms with Crippen LogP contribution in [0.3, 0.4) is 0 Å². The van der Waals surface area contributed by atoms with E-state index in [4.69, 9.17) is 14.2 Å². The molecule has 0 aromatic heterocycles. The van der Waals surface area contributed by atoms with Gasteiger partial charge in [-0.25, -0.2) is 0 Å². The van der Waals surface area contributed by atoms with E-state index in [9.17, 15) is 5.11 Å². The molecule has 3 aromatic carbocycles. The zero-order valence-corrected chi connectivity index (χ0v) is 23.8. The molecule has 0 spiro atoms. The van der Waals surface area contributed by atoms with E-state index in [1.807, 2.05) is 6.07 Å². The van der Waals surface area contributed by atoms with Crippen molar-refractivity contribution in [3.05, 3.63) is 89.5 Å². The first-order valence-electron chi connectivity index (χ1n) is 15.3. The molecule has 3 aromatic rings. The highest BCUT2D eigenvalue weighted by Gasteiger charge is 2.33. The number of hydrogen-bond acceptors (Lipinski definition) is 5. The van der Waals surface area contributed by atoms with Crippen LogP contribution in [-0.2, 0) is 4.74 Å². The number of rotatable bonds is 14. The molecule has 0 amide bonds. The van der Waals surface area contributed by atoms with E-state index in [-0.39, 0.29) is 17.6 Å². The van der Waals surface area contributed by atoms with Crippen molar-refractivity contribution in [1.82, 2.24) is 4.90 Å². The number of morpholine rings is 1. The second kappa shape index (κ2) is 15.1. The summed E-state index contributed by atoms with van der Waals surface area (Å²) in [4.78, 5) is 2.54. The third kappa shape index (κ3) is 8.02. The summed E-state index contributed by atoms with van der Waals surface area (Å²) in [7, 11) is 0. The Balaban J connectivity index is 1.04. The fourth-order valence-electron chi connectivity index (χ4n) is 6.08. The Kier molecular flexibility index (Phi) is 10.8. The summed E-state index contributed by atoms with van der Waals surface area (Å²) in [5.74, 6) is 2.29. The van der Waals surface area contributed by atoms with Crippen LogP contribution in [0.15, 0.2) is 72.8 Å². The monoisotopic (exact) mass is 543 g/mol. The fraction of sp³-hybridized carbons (Fsp3) is 0.486. The van der Waals surface area contributed by atoms with Gasteiger partial charge in [0.25, 0.3) is 0 Å². The van der Waals surface area contributed by atoms with Crippen molar-refractivity contribution in [3.63, 3.8) is 0 Å². The van der Waals surface area contributed by atoms with Crippen LogP contribution >= 0.6 is 0 Å². The molecule has 1 N–H and O–H groups in total. The number of phenols is 1. The third-order valence-corrected chi connectivity index (χ3v) is 8.36. The zero-order chi connectivity index (χ0) is 27.4. The van der Waals surface area contributed by atoms with Crippen molar-refractivity contribution < 1.29 is 19.3 Å². The highest BCUT2D eigenvalue weighted by molar-refractivity contribution is 5.50. The Morgan fingerprint density at radius 2 is 1.45 bits per heavy atom. The second-order valence-corrected chi connectivity index (χ2v) is 11.2. The van der Waals surface area contributed by atoms with Crippen LogP contribution in [0.1, 0.15) is 79.9 Å². The van der Waals surface area contributed by atoms with Crippen LogP contribution in [0.4, 0.5) is 0 Å². The molecule has 40 heavy (non-hydrogen) atoms.